The Kier molecular flexibility index (Phi) is 176. The monoisotopic (exact) mass is 1030 g/mol. The van der Waals surface area contributed by atoms with Crippen molar-refractivity contribution in [1.82, 2.24) is 21.3 Å². The van der Waals surface area contributed by atoms with E-state index in [1.54, 1.807) is 0 Å². The number of ether oxygens (including phenoxy) is 4. The van der Waals surface area contributed by atoms with E-state index in [1.165, 1.54) is 0 Å². The van der Waals surface area contributed by atoms with E-state index in [-0.39, 0.29) is 168 Å². The third kappa shape index (κ3) is 144. The minimum absolute atomic E-state index is 0. The first-order valence-electron chi connectivity index (χ1n) is 20.5. The maximum absolute atomic E-state index is 11.3. The first-order valence-corrected chi connectivity index (χ1v) is 20.5. The topological polar surface area (TPSA) is 153 Å². The van der Waals surface area contributed by atoms with E-state index in [2.05, 4.69) is 104 Å². The Morgan fingerprint density at radius 2 is 0.571 bits per heavy atom. The third-order valence-corrected chi connectivity index (χ3v) is 6.45. The van der Waals surface area contributed by atoms with Gasteiger partial charge < -0.3 is 40.2 Å². The molecule has 0 aliphatic carbocycles. The maximum Gasteiger partial charge on any atom is 0.246 e. The molecule has 0 unspecified atom stereocenters. The van der Waals surface area contributed by atoms with Crippen molar-refractivity contribution in [1.29, 1.82) is 0 Å². The van der Waals surface area contributed by atoms with E-state index >= 15 is 0 Å². The highest BCUT2D eigenvalue weighted by Gasteiger charge is 2.06. The van der Waals surface area contributed by atoms with Crippen molar-refractivity contribution < 1.29 is 38.1 Å². The Morgan fingerprint density at radius 1 is 0.329 bits per heavy atom. The summed E-state index contributed by atoms with van der Waals surface area (Å²) in [5.74, 6) is 3.55. The lowest BCUT2D eigenvalue weighted by Crippen LogP contribution is -2.31. The average molecular weight is 1030 g/mol. The Balaban J connectivity index is -0.0000000247. The molecule has 0 aliphatic rings. The fraction of sp³-hybridized carbons (Fsp3) is 0.931. The SMILES string of the molecule is C.C.C.C.C.C.C.C.C.C.C.C.C.C.C.C.CC(C)CCC(=O)NCC(C)C.CC(C)CCC(=O)NCCOCC(C)C.CC(C)CNC(=O)COC(C)C.CC(C)COCCNC(=O)COC(C)C. The van der Waals surface area contributed by atoms with Gasteiger partial charge in [0, 0.05) is 52.2 Å². The van der Waals surface area contributed by atoms with Gasteiger partial charge in [-0.15, -0.1) is 0 Å². The number of nitrogens with one attached hydrogen (secondary N) is 4. The molecule has 0 aliphatic heterocycles. The lowest BCUT2D eigenvalue weighted by atomic mass is 10.1. The fourth-order valence-electron chi connectivity index (χ4n) is 3.40. The minimum Gasteiger partial charge on any atom is -0.379 e. The summed E-state index contributed by atoms with van der Waals surface area (Å²) in [4.78, 5) is 44.6. The molecule has 70 heavy (non-hydrogen) atoms. The molecular weight excluding hydrogens is 881 g/mol. The Morgan fingerprint density at radius 3 is 0.814 bits per heavy atom. The van der Waals surface area contributed by atoms with Gasteiger partial charge in [0.05, 0.1) is 25.4 Å². The predicted molar refractivity (Wildman–Crippen MR) is 331 cm³/mol. The molecular formula is C58H152N4O8. The van der Waals surface area contributed by atoms with Gasteiger partial charge in [-0.2, -0.15) is 0 Å². The molecule has 0 saturated heterocycles. The van der Waals surface area contributed by atoms with E-state index in [1.807, 2.05) is 27.7 Å². The van der Waals surface area contributed by atoms with E-state index in [0.717, 1.165) is 39.1 Å². The van der Waals surface area contributed by atoms with Crippen molar-refractivity contribution in [3.05, 3.63) is 0 Å². The molecule has 452 valence electrons. The van der Waals surface area contributed by atoms with Crippen molar-refractivity contribution in [3.8, 4) is 0 Å². The van der Waals surface area contributed by atoms with Gasteiger partial charge >= 0.3 is 0 Å². The van der Waals surface area contributed by atoms with Gasteiger partial charge in [-0.25, -0.2) is 0 Å². The first kappa shape index (κ1) is 132. The van der Waals surface area contributed by atoms with Crippen LogP contribution in [0.25, 0.3) is 0 Å². The van der Waals surface area contributed by atoms with E-state index in [4.69, 9.17) is 18.9 Å². The van der Waals surface area contributed by atoms with Crippen LogP contribution < -0.4 is 21.3 Å². The van der Waals surface area contributed by atoms with Crippen LogP contribution in [-0.4, -0.2) is 102 Å². The number of carbonyl (C=O) groups excluding carboxylic acids is 4. The second-order valence-corrected chi connectivity index (χ2v) is 16.6. The van der Waals surface area contributed by atoms with E-state index in [9.17, 15) is 19.2 Å². The highest BCUT2D eigenvalue weighted by Crippen LogP contribution is 2.03. The largest absolute Gasteiger partial charge is 0.379 e. The Bertz CT molecular complexity index is 785. The zero-order chi connectivity index (χ0) is 42.5. The number of hydrogen-bond donors (Lipinski definition) is 4. The van der Waals surface area contributed by atoms with Gasteiger partial charge in [-0.05, 0) is 76.0 Å². The van der Waals surface area contributed by atoms with Crippen molar-refractivity contribution in [2.24, 2.45) is 35.5 Å². The second-order valence-electron chi connectivity index (χ2n) is 16.6. The van der Waals surface area contributed by atoms with Crippen molar-refractivity contribution in [2.75, 3.05) is 65.8 Å². The first-order chi connectivity index (χ1) is 25.1. The number of hydrogen-bond acceptors (Lipinski definition) is 8. The van der Waals surface area contributed by atoms with E-state index in [0.29, 0.717) is 74.7 Å². The van der Waals surface area contributed by atoms with Crippen molar-refractivity contribution >= 4 is 23.6 Å². The molecule has 12 heteroatoms. The zero-order valence-electron chi connectivity index (χ0n) is 37.8. The van der Waals surface area contributed by atoms with Crippen LogP contribution in [0.15, 0.2) is 0 Å². The lowest BCUT2D eigenvalue weighted by Gasteiger charge is -2.09. The quantitative estimate of drug-likeness (QED) is 0.0625. The van der Waals surface area contributed by atoms with Crippen molar-refractivity contribution in [2.45, 2.75) is 267 Å². The molecule has 0 saturated carbocycles. The van der Waals surface area contributed by atoms with Gasteiger partial charge in [-0.3, -0.25) is 19.2 Å². The lowest BCUT2D eigenvalue weighted by molar-refractivity contribution is -0.127. The Hall–Kier alpha value is -2.28. The molecule has 0 aromatic rings. The summed E-state index contributed by atoms with van der Waals surface area (Å²) in [6.45, 7) is 38.6. The zero-order valence-corrected chi connectivity index (χ0v) is 37.8. The van der Waals surface area contributed by atoms with Crippen LogP contribution in [0.4, 0.5) is 0 Å². The highest BCUT2D eigenvalue weighted by molar-refractivity contribution is 5.77. The molecule has 0 radical (unpaired) electrons. The molecule has 0 aromatic heterocycles. The molecule has 0 heterocycles. The summed E-state index contributed by atoms with van der Waals surface area (Å²) in [5.41, 5.74) is 0. The molecule has 0 atom stereocenters. The third-order valence-electron chi connectivity index (χ3n) is 6.45. The normalized spacial score (nSPS) is 8.46. The highest BCUT2D eigenvalue weighted by atomic mass is 16.5. The molecule has 0 bridgehead atoms. The molecule has 4 amide bonds. The van der Waals surface area contributed by atoms with E-state index < -0.39 is 0 Å². The standard InChI is InChI=1S/C12H25NO2.C11H23NO3.C10H21NO.C9H19NO2.16CH4/c1-10(2)5-6-12(14)13-7-8-15-9-11(3)4;1-9(2)7-14-6-5-12-11(13)8-15-10(3)4;1-8(2)5-6-10(12)11-7-9(3)4;1-7(2)5-10-9(11)6-12-8(3)4;;;;;;;;;;;;;;;;/h10-11H,5-9H2,1-4H3,(H,13,14);9-10H,5-8H2,1-4H3,(H,12,13);8-9H,5-7H2,1-4H3,(H,11,12);7-8H,5-6H2,1-4H3,(H,10,11);16*1H4. The van der Waals surface area contributed by atoms with Gasteiger partial charge in [-0.1, -0.05) is 202 Å². The summed E-state index contributed by atoms with van der Waals surface area (Å²) < 4.78 is 20.9. The molecule has 0 fully saturated rings. The Labute approximate surface area is 450 Å². The summed E-state index contributed by atoms with van der Waals surface area (Å²) in [7, 11) is 0. The number of rotatable bonds is 26. The predicted octanol–water partition coefficient (Wildman–Crippen LogP) is 17.0. The van der Waals surface area contributed by atoms with Crippen molar-refractivity contribution in [3.63, 3.8) is 0 Å². The van der Waals surface area contributed by atoms with Gasteiger partial charge in [0.1, 0.15) is 13.2 Å². The second kappa shape index (κ2) is 92.8. The van der Waals surface area contributed by atoms with Crippen LogP contribution in [0.3, 0.4) is 0 Å². The van der Waals surface area contributed by atoms with Crippen LogP contribution in [0.2, 0.25) is 0 Å². The molecule has 0 rings (SSSR count). The fourth-order valence-corrected chi connectivity index (χ4v) is 3.40. The smallest absolute Gasteiger partial charge is 0.246 e. The van der Waals surface area contributed by atoms with Gasteiger partial charge in [0.2, 0.25) is 23.6 Å². The summed E-state index contributed by atoms with van der Waals surface area (Å²) in [6, 6.07) is 0. The molecule has 4 N–H and O–H groups in total. The molecule has 12 nitrogen and oxygen atoms in total. The summed E-state index contributed by atoms with van der Waals surface area (Å²) >= 11 is 0. The summed E-state index contributed by atoms with van der Waals surface area (Å²) in [5, 5.41) is 11.2. The van der Waals surface area contributed by atoms with Crippen LogP contribution in [0.1, 0.15) is 255 Å². The molecule has 0 aromatic carbocycles. The van der Waals surface area contributed by atoms with Crippen LogP contribution in [0, 0.1) is 35.5 Å². The van der Waals surface area contributed by atoms with Gasteiger partial charge in [0.25, 0.3) is 0 Å². The maximum atomic E-state index is 11.3. The minimum atomic E-state index is -0.0863. The molecule has 0 spiro atoms. The number of amides is 4. The van der Waals surface area contributed by atoms with Gasteiger partial charge in [0.15, 0.2) is 0 Å². The average Bonchev–Trinajstić information content (AvgIpc) is 3.06. The number of carbonyl (C=O) groups is 4. The van der Waals surface area contributed by atoms with Crippen LogP contribution in [-0.2, 0) is 38.1 Å². The van der Waals surface area contributed by atoms with Crippen LogP contribution >= 0.6 is 0 Å². The van der Waals surface area contributed by atoms with Crippen LogP contribution in [0.5, 0.6) is 0 Å². The summed E-state index contributed by atoms with van der Waals surface area (Å²) in [6.07, 6.45) is 3.46.